The molecule has 0 spiro atoms. The van der Waals surface area contributed by atoms with E-state index in [-0.39, 0.29) is 11.9 Å². The molecule has 0 aliphatic carbocycles. The van der Waals surface area contributed by atoms with Gasteiger partial charge < -0.3 is 9.88 Å². The minimum absolute atomic E-state index is 0.00281. The van der Waals surface area contributed by atoms with Gasteiger partial charge in [-0.15, -0.1) is 11.3 Å². The topological polar surface area (TPSA) is 46.9 Å². The second kappa shape index (κ2) is 8.12. The molecule has 0 bridgehead atoms. The third-order valence-electron chi connectivity index (χ3n) is 4.09. The Morgan fingerprint density at radius 1 is 1.16 bits per heavy atom. The summed E-state index contributed by atoms with van der Waals surface area (Å²) in [6.07, 6.45) is 4.61. The molecular formula is C20H23N3OS. The van der Waals surface area contributed by atoms with Gasteiger partial charge in [0.2, 0.25) is 5.91 Å². The van der Waals surface area contributed by atoms with Crippen molar-refractivity contribution < 1.29 is 4.79 Å². The Kier molecular flexibility index (Phi) is 5.66. The number of benzene rings is 1. The molecule has 1 unspecified atom stereocenters. The van der Waals surface area contributed by atoms with Crippen molar-refractivity contribution in [2.24, 2.45) is 0 Å². The molecule has 2 aromatic heterocycles. The smallest absolute Gasteiger partial charge is 0.247 e. The van der Waals surface area contributed by atoms with E-state index in [1.54, 1.807) is 11.3 Å². The molecule has 0 aliphatic heterocycles. The van der Waals surface area contributed by atoms with Crippen molar-refractivity contribution in [1.29, 1.82) is 0 Å². The van der Waals surface area contributed by atoms with E-state index in [0.29, 0.717) is 12.5 Å². The number of carbonyl (C=O) groups is 1. The zero-order valence-electron chi connectivity index (χ0n) is 14.6. The van der Waals surface area contributed by atoms with Crippen LogP contribution in [0.25, 0.3) is 0 Å². The zero-order chi connectivity index (χ0) is 17.6. The summed E-state index contributed by atoms with van der Waals surface area (Å²) in [7, 11) is 0. The molecule has 0 radical (unpaired) electrons. The van der Waals surface area contributed by atoms with Crippen LogP contribution in [-0.4, -0.2) is 22.0 Å². The van der Waals surface area contributed by atoms with Crippen molar-refractivity contribution in [3.63, 3.8) is 0 Å². The molecule has 1 atom stereocenters. The van der Waals surface area contributed by atoms with Gasteiger partial charge in [-0.3, -0.25) is 4.79 Å². The molecule has 0 saturated carbocycles. The van der Waals surface area contributed by atoms with Crippen LogP contribution in [0.5, 0.6) is 0 Å². The Hall–Kier alpha value is -2.40. The molecule has 2 heterocycles. The highest BCUT2D eigenvalue weighted by atomic mass is 32.1. The molecule has 1 N–H and O–H groups in total. The summed E-state index contributed by atoms with van der Waals surface area (Å²) in [6.45, 7) is 4.87. The largest absolute Gasteiger partial charge is 0.354 e. The van der Waals surface area contributed by atoms with Gasteiger partial charge in [0.25, 0.3) is 0 Å². The summed E-state index contributed by atoms with van der Waals surface area (Å²) < 4.78 is 1.94. The number of hydrogen-bond donors (Lipinski definition) is 1. The minimum atomic E-state index is -0.348. The van der Waals surface area contributed by atoms with Crippen LogP contribution in [0.15, 0.2) is 60.2 Å². The summed E-state index contributed by atoms with van der Waals surface area (Å²) in [5.41, 5.74) is 2.10. The molecule has 3 aromatic rings. The van der Waals surface area contributed by atoms with Crippen molar-refractivity contribution in [2.75, 3.05) is 6.54 Å². The monoisotopic (exact) mass is 353 g/mol. The van der Waals surface area contributed by atoms with Gasteiger partial charge in [0.1, 0.15) is 6.04 Å². The number of rotatable bonds is 7. The third kappa shape index (κ3) is 4.37. The zero-order valence-corrected chi connectivity index (χ0v) is 15.4. The fourth-order valence-corrected chi connectivity index (χ4v) is 3.67. The highest BCUT2D eigenvalue weighted by Gasteiger charge is 2.21. The van der Waals surface area contributed by atoms with E-state index < -0.39 is 0 Å². The second-order valence-electron chi connectivity index (χ2n) is 6.31. The quantitative estimate of drug-likeness (QED) is 0.697. The molecule has 0 aliphatic rings. The maximum Gasteiger partial charge on any atom is 0.247 e. The first-order valence-corrected chi connectivity index (χ1v) is 9.42. The minimum Gasteiger partial charge on any atom is -0.354 e. The molecule has 5 heteroatoms. The molecule has 1 amide bonds. The first kappa shape index (κ1) is 17.4. The highest BCUT2D eigenvalue weighted by Crippen LogP contribution is 2.20. The lowest BCUT2D eigenvalue weighted by molar-refractivity contribution is -0.123. The van der Waals surface area contributed by atoms with E-state index in [2.05, 4.69) is 29.5 Å². The van der Waals surface area contributed by atoms with Gasteiger partial charge in [-0.1, -0.05) is 44.2 Å². The van der Waals surface area contributed by atoms with Crippen molar-refractivity contribution in [3.8, 4) is 0 Å². The average molecular weight is 353 g/mol. The first-order valence-electron chi connectivity index (χ1n) is 8.54. The van der Waals surface area contributed by atoms with Crippen LogP contribution >= 0.6 is 11.3 Å². The molecular weight excluding hydrogens is 330 g/mol. The van der Waals surface area contributed by atoms with Crippen LogP contribution in [0.4, 0.5) is 0 Å². The Morgan fingerprint density at radius 3 is 2.52 bits per heavy atom. The fourth-order valence-electron chi connectivity index (χ4n) is 2.71. The number of aromatic nitrogens is 2. The predicted octanol–water partition coefficient (Wildman–Crippen LogP) is 4.02. The lowest BCUT2D eigenvalue weighted by atomic mass is 10.1. The SMILES string of the molecule is CC(C)c1csc(CCNC(=O)C(c2ccccc2)n2cccc2)n1. The van der Waals surface area contributed by atoms with Crippen LogP contribution < -0.4 is 5.32 Å². The summed E-state index contributed by atoms with van der Waals surface area (Å²) in [6, 6.07) is 13.4. The first-order chi connectivity index (χ1) is 12.1. The van der Waals surface area contributed by atoms with E-state index in [9.17, 15) is 4.79 Å². The van der Waals surface area contributed by atoms with Gasteiger partial charge in [0.15, 0.2) is 0 Å². The Balaban J connectivity index is 1.65. The number of thiazole rings is 1. The van der Waals surface area contributed by atoms with Crippen LogP contribution in [0, 0.1) is 0 Å². The van der Waals surface area contributed by atoms with Crippen LogP contribution in [0.1, 0.15) is 42.1 Å². The van der Waals surface area contributed by atoms with Gasteiger partial charge in [-0.2, -0.15) is 0 Å². The second-order valence-corrected chi connectivity index (χ2v) is 7.25. The van der Waals surface area contributed by atoms with E-state index in [1.165, 1.54) is 0 Å². The molecule has 130 valence electrons. The van der Waals surface area contributed by atoms with Gasteiger partial charge >= 0.3 is 0 Å². The number of nitrogens with zero attached hydrogens (tertiary/aromatic N) is 2. The van der Waals surface area contributed by atoms with Crippen LogP contribution in [0.3, 0.4) is 0 Å². The molecule has 4 nitrogen and oxygen atoms in total. The molecule has 0 fully saturated rings. The summed E-state index contributed by atoms with van der Waals surface area (Å²) in [4.78, 5) is 17.4. The van der Waals surface area contributed by atoms with Gasteiger partial charge in [-0.25, -0.2) is 4.98 Å². The normalized spacial score (nSPS) is 12.3. The van der Waals surface area contributed by atoms with Gasteiger partial charge in [0.05, 0.1) is 10.7 Å². The molecule has 25 heavy (non-hydrogen) atoms. The molecule has 3 rings (SSSR count). The van der Waals surface area contributed by atoms with Crippen molar-refractivity contribution >= 4 is 17.2 Å². The molecule has 1 aromatic carbocycles. The molecule has 0 saturated heterocycles. The van der Waals surface area contributed by atoms with E-state index in [1.807, 2.05) is 59.4 Å². The maximum atomic E-state index is 12.8. The van der Waals surface area contributed by atoms with Crippen LogP contribution in [-0.2, 0) is 11.2 Å². The Bertz CT molecular complexity index is 793. The highest BCUT2D eigenvalue weighted by molar-refractivity contribution is 7.09. The third-order valence-corrected chi connectivity index (χ3v) is 5.02. The van der Waals surface area contributed by atoms with Crippen LogP contribution in [0.2, 0.25) is 0 Å². The van der Waals surface area contributed by atoms with Gasteiger partial charge in [-0.05, 0) is 23.6 Å². The number of hydrogen-bond acceptors (Lipinski definition) is 3. The lowest BCUT2D eigenvalue weighted by Crippen LogP contribution is -2.34. The summed E-state index contributed by atoms with van der Waals surface area (Å²) >= 11 is 1.66. The standard InChI is InChI=1S/C20H23N3OS/c1-15(2)17-14-25-18(22-17)10-11-21-20(24)19(23-12-6-7-13-23)16-8-4-3-5-9-16/h3-9,12-15,19H,10-11H2,1-2H3,(H,21,24). The van der Waals surface area contributed by atoms with E-state index in [4.69, 9.17) is 0 Å². The van der Waals surface area contributed by atoms with Crippen molar-refractivity contribution in [2.45, 2.75) is 32.2 Å². The van der Waals surface area contributed by atoms with Gasteiger partial charge in [0, 0.05) is 30.7 Å². The summed E-state index contributed by atoms with van der Waals surface area (Å²) in [5, 5.41) is 6.24. The lowest BCUT2D eigenvalue weighted by Gasteiger charge is -2.19. The number of nitrogens with one attached hydrogen (secondary N) is 1. The van der Waals surface area contributed by atoms with Crippen molar-refractivity contribution in [1.82, 2.24) is 14.9 Å². The Morgan fingerprint density at radius 2 is 1.88 bits per heavy atom. The maximum absolute atomic E-state index is 12.8. The average Bonchev–Trinajstić information content (AvgIpc) is 3.28. The summed E-state index contributed by atoms with van der Waals surface area (Å²) in [5.74, 6) is 0.443. The number of carbonyl (C=O) groups excluding carboxylic acids is 1. The van der Waals surface area contributed by atoms with E-state index >= 15 is 0 Å². The van der Waals surface area contributed by atoms with E-state index in [0.717, 1.165) is 22.7 Å². The van der Waals surface area contributed by atoms with Crippen molar-refractivity contribution in [3.05, 3.63) is 76.5 Å². The number of amides is 1. The fraction of sp³-hybridized carbons (Fsp3) is 0.300. The Labute approximate surface area is 152 Å². The predicted molar refractivity (Wildman–Crippen MR) is 102 cm³/mol.